The summed E-state index contributed by atoms with van der Waals surface area (Å²) in [6.07, 6.45) is 0. The first kappa shape index (κ1) is 15.4. The van der Waals surface area contributed by atoms with Gasteiger partial charge in [-0.25, -0.2) is 0 Å². The Morgan fingerprint density at radius 3 is 2.50 bits per heavy atom. The van der Waals surface area contributed by atoms with Crippen LogP contribution < -0.4 is 5.32 Å². The van der Waals surface area contributed by atoms with Crippen molar-refractivity contribution in [2.24, 2.45) is 5.92 Å². The molecule has 0 spiro atoms. The van der Waals surface area contributed by atoms with Gasteiger partial charge in [0.2, 0.25) is 0 Å². The summed E-state index contributed by atoms with van der Waals surface area (Å²) in [6, 6.07) is 0.518. The van der Waals surface area contributed by atoms with Gasteiger partial charge >= 0.3 is 5.97 Å². The molecule has 0 aromatic heterocycles. The van der Waals surface area contributed by atoms with Crippen molar-refractivity contribution in [1.82, 2.24) is 15.1 Å². The van der Waals surface area contributed by atoms with Crippen molar-refractivity contribution in [2.45, 2.75) is 32.4 Å². The fourth-order valence-electron chi connectivity index (χ4n) is 2.89. The van der Waals surface area contributed by atoms with Crippen LogP contribution in [0.25, 0.3) is 0 Å². The van der Waals surface area contributed by atoms with Crippen LogP contribution in [0.15, 0.2) is 0 Å². The van der Waals surface area contributed by atoms with Crippen molar-refractivity contribution in [3.63, 3.8) is 0 Å². The highest BCUT2D eigenvalue weighted by Gasteiger charge is 2.39. The van der Waals surface area contributed by atoms with Crippen molar-refractivity contribution < 1.29 is 9.90 Å². The summed E-state index contributed by atoms with van der Waals surface area (Å²) in [5.41, 5.74) is -0.852. The van der Waals surface area contributed by atoms with Crippen LogP contribution in [0.3, 0.4) is 0 Å². The van der Waals surface area contributed by atoms with Crippen LogP contribution >= 0.6 is 0 Å². The van der Waals surface area contributed by atoms with Crippen LogP contribution in [0.5, 0.6) is 0 Å². The Morgan fingerprint density at radius 1 is 1.50 bits per heavy atom. The maximum absolute atomic E-state index is 11.4. The molecule has 3 atom stereocenters. The van der Waals surface area contributed by atoms with Crippen molar-refractivity contribution in [1.29, 1.82) is 0 Å². The Kier molecular flexibility index (Phi) is 5.13. The normalized spacial score (nSPS) is 28.6. The minimum atomic E-state index is -0.852. The molecule has 1 fully saturated rings. The van der Waals surface area contributed by atoms with Gasteiger partial charge in [0, 0.05) is 25.7 Å². The molecule has 0 radical (unpaired) electrons. The molecule has 2 N–H and O–H groups in total. The maximum Gasteiger partial charge on any atom is 0.324 e. The van der Waals surface area contributed by atoms with Crippen molar-refractivity contribution >= 4 is 5.97 Å². The summed E-state index contributed by atoms with van der Waals surface area (Å²) in [4.78, 5) is 15.9. The predicted octanol–water partition coefficient (Wildman–Crippen LogP) is 0.321. The van der Waals surface area contributed by atoms with Gasteiger partial charge in [0.1, 0.15) is 5.54 Å². The van der Waals surface area contributed by atoms with E-state index in [0.29, 0.717) is 25.0 Å². The Bertz CT molecular complexity index is 296. The zero-order valence-corrected chi connectivity index (χ0v) is 12.2. The number of nitrogens with zero attached hydrogens (tertiary/aromatic N) is 2. The average molecular weight is 257 g/mol. The lowest BCUT2D eigenvalue weighted by molar-refractivity contribution is -0.144. The summed E-state index contributed by atoms with van der Waals surface area (Å²) < 4.78 is 0. The van der Waals surface area contributed by atoms with Crippen LogP contribution in [-0.4, -0.2) is 72.7 Å². The molecule has 5 nitrogen and oxygen atoms in total. The molecule has 1 aliphatic heterocycles. The molecule has 0 saturated carbocycles. The smallest absolute Gasteiger partial charge is 0.324 e. The maximum atomic E-state index is 11.4. The number of hydrogen-bond acceptors (Lipinski definition) is 4. The Labute approximate surface area is 110 Å². The third-order valence-corrected chi connectivity index (χ3v) is 3.89. The second-order valence-corrected chi connectivity index (χ2v) is 5.87. The summed E-state index contributed by atoms with van der Waals surface area (Å²) in [5, 5.41) is 12.5. The van der Waals surface area contributed by atoms with E-state index in [-0.39, 0.29) is 0 Å². The van der Waals surface area contributed by atoms with Crippen molar-refractivity contribution in [2.75, 3.05) is 40.3 Å². The van der Waals surface area contributed by atoms with E-state index >= 15 is 0 Å². The minimum Gasteiger partial charge on any atom is -0.480 e. The SMILES string of the molecule is CCNC(C)(CN1CC(C)C(N(C)C)C1)C(=O)O. The van der Waals surface area contributed by atoms with Gasteiger partial charge in [-0.2, -0.15) is 0 Å². The highest BCUT2D eigenvalue weighted by atomic mass is 16.4. The quantitative estimate of drug-likeness (QED) is 0.718. The van der Waals surface area contributed by atoms with E-state index in [1.807, 2.05) is 6.92 Å². The second-order valence-electron chi connectivity index (χ2n) is 5.87. The average Bonchev–Trinajstić information content (AvgIpc) is 2.59. The van der Waals surface area contributed by atoms with Crippen LogP contribution in [0.4, 0.5) is 0 Å². The van der Waals surface area contributed by atoms with E-state index in [4.69, 9.17) is 0 Å². The van der Waals surface area contributed by atoms with Gasteiger partial charge in [0.05, 0.1) is 0 Å². The first-order chi connectivity index (χ1) is 8.30. The molecule has 106 valence electrons. The summed E-state index contributed by atoms with van der Waals surface area (Å²) in [5.74, 6) is -0.190. The Hall–Kier alpha value is -0.650. The fourth-order valence-corrected chi connectivity index (χ4v) is 2.89. The lowest BCUT2D eigenvalue weighted by Crippen LogP contribution is -2.56. The number of carbonyl (C=O) groups is 1. The van der Waals surface area contributed by atoms with Crippen LogP contribution in [-0.2, 0) is 4.79 Å². The van der Waals surface area contributed by atoms with Crippen molar-refractivity contribution in [3.05, 3.63) is 0 Å². The number of nitrogens with one attached hydrogen (secondary N) is 1. The minimum absolute atomic E-state index is 0.518. The van der Waals surface area contributed by atoms with Crippen molar-refractivity contribution in [3.8, 4) is 0 Å². The largest absolute Gasteiger partial charge is 0.480 e. The van der Waals surface area contributed by atoms with Crippen LogP contribution in [0, 0.1) is 5.92 Å². The molecule has 1 aliphatic rings. The first-order valence-corrected chi connectivity index (χ1v) is 6.67. The molecule has 1 rings (SSSR count). The standard InChI is InChI=1S/C13H27N3O2/c1-6-14-13(3,12(17)18)9-16-7-10(2)11(8-16)15(4)5/h10-11,14H,6-9H2,1-5H3,(H,17,18). The molecule has 18 heavy (non-hydrogen) atoms. The van der Waals surface area contributed by atoms with Crippen LogP contribution in [0.1, 0.15) is 20.8 Å². The molecule has 3 unspecified atom stereocenters. The zero-order valence-electron chi connectivity index (χ0n) is 12.2. The number of carboxylic acid groups (broad SMARTS) is 1. The van der Waals surface area contributed by atoms with E-state index in [9.17, 15) is 9.90 Å². The van der Waals surface area contributed by atoms with E-state index in [1.54, 1.807) is 6.92 Å². The van der Waals surface area contributed by atoms with E-state index in [0.717, 1.165) is 13.1 Å². The Morgan fingerprint density at radius 2 is 2.11 bits per heavy atom. The third kappa shape index (κ3) is 3.43. The molecule has 0 amide bonds. The van der Waals surface area contributed by atoms with E-state index in [1.165, 1.54) is 0 Å². The third-order valence-electron chi connectivity index (χ3n) is 3.89. The number of hydrogen-bond donors (Lipinski definition) is 2. The number of carboxylic acids is 1. The molecule has 1 saturated heterocycles. The van der Waals surface area contributed by atoms with Gasteiger partial charge in [-0.15, -0.1) is 0 Å². The molecule has 0 aromatic rings. The van der Waals surface area contributed by atoms with E-state index < -0.39 is 11.5 Å². The topological polar surface area (TPSA) is 55.8 Å². The van der Waals surface area contributed by atoms with Gasteiger partial charge < -0.3 is 15.3 Å². The predicted molar refractivity (Wildman–Crippen MR) is 72.8 cm³/mol. The second kappa shape index (κ2) is 5.99. The number of aliphatic carboxylic acids is 1. The fraction of sp³-hybridized carbons (Fsp3) is 0.923. The lowest BCUT2D eigenvalue weighted by atomic mass is 10.0. The lowest BCUT2D eigenvalue weighted by Gasteiger charge is -2.31. The zero-order chi connectivity index (χ0) is 13.9. The van der Waals surface area contributed by atoms with Gasteiger partial charge in [-0.1, -0.05) is 13.8 Å². The summed E-state index contributed by atoms with van der Waals surface area (Å²) in [7, 11) is 4.18. The van der Waals surface area contributed by atoms with Gasteiger partial charge in [0.25, 0.3) is 0 Å². The first-order valence-electron chi connectivity index (χ1n) is 6.67. The van der Waals surface area contributed by atoms with Gasteiger partial charge in [-0.05, 0) is 33.5 Å². The molecule has 0 aliphatic carbocycles. The Balaban J connectivity index is 2.65. The summed E-state index contributed by atoms with van der Waals surface area (Å²) in [6.45, 7) is 9.09. The molecular weight excluding hydrogens is 230 g/mol. The highest BCUT2D eigenvalue weighted by molar-refractivity contribution is 5.78. The number of rotatable bonds is 6. The molecular formula is C13H27N3O2. The molecule has 5 heteroatoms. The highest BCUT2D eigenvalue weighted by Crippen LogP contribution is 2.22. The van der Waals surface area contributed by atoms with Gasteiger partial charge in [-0.3, -0.25) is 9.69 Å². The monoisotopic (exact) mass is 257 g/mol. The van der Waals surface area contributed by atoms with E-state index in [2.05, 4.69) is 36.1 Å². The van der Waals surface area contributed by atoms with Gasteiger partial charge in [0.15, 0.2) is 0 Å². The summed E-state index contributed by atoms with van der Waals surface area (Å²) >= 11 is 0. The molecule has 0 bridgehead atoms. The molecule has 0 aromatic carbocycles. The number of likely N-dealkylation sites (tertiary alicyclic amines) is 1. The molecule has 1 heterocycles. The van der Waals surface area contributed by atoms with Crippen LogP contribution in [0.2, 0.25) is 0 Å². The number of likely N-dealkylation sites (N-methyl/N-ethyl adjacent to an activating group) is 2.